The molecule has 1 saturated heterocycles. The summed E-state index contributed by atoms with van der Waals surface area (Å²) in [6.45, 7) is 5.40. The lowest BCUT2D eigenvalue weighted by atomic mass is 10.1. The Balaban J connectivity index is 1.44. The van der Waals surface area contributed by atoms with Crippen LogP contribution in [0.1, 0.15) is 33.1 Å². The lowest BCUT2D eigenvalue weighted by molar-refractivity contribution is -0.116. The van der Waals surface area contributed by atoms with Crippen LogP contribution in [0.5, 0.6) is 0 Å². The molecule has 10 heteroatoms. The first-order chi connectivity index (χ1) is 18.8. The number of hydrogen-bond donors (Lipinski definition) is 4. The van der Waals surface area contributed by atoms with Crippen LogP contribution in [-0.4, -0.2) is 45.2 Å². The second-order valence-corrected chi connectivity index (χ2v) is 10.2. The molecule has 4 aromatic rings. The lowest BCUT2D eigenvalue weighted by Crippen LogP contribution is -2.35. The molecule has 202 valence electrons. The summed E-state index contributed by atoms with van der Waals surface area (Å²) in [5.41, 5.74) is 2.39. The Morgan fingerprint density at radius 2 is 1.97 bits per heavy atom. The molecular formula is C29H31FN6O3. The molecule has 1 amide bonds. The SMILES string of the molecule is CC(C)CC(=O)Nc1ccc(-c2cc(Nc3ccc(N4CCC(O)CC4)cn3)c3c(=O)[nH]ccc3n2)c(F)c1. The Bertz CT molecular complexity index is 1550. The first-order valence-electron chi connectivity index (χ1n) is 13.0. The number of nitrogens with one attached hydrogen (secondary N) is 3. The summed E-state index contributed by atoms with van der Waals surface area (Å²) in [6.07, 6.45) is 4.77. The predicted molar refractivity (Wildman–Crippen MR) is 151 cm³/mol. The molecule has 3 aromatic heterocycles. The van der Waals surface area contributed by atoms with E-state index in [0.717, 1.165) is 31.6 Å². The highest BCUT2D eigenvalue weighted by atomic mass is 19.1. The third-order valence-electron chi connectivity index (χ3n) is 6.69. The first-order valence-corrected chi connectivity index (χ1v) is 13.0. The van der Waals surface area contributed by atoms with Crippen molar-refractivity contribution in [3.8, 4) is 11.3 Å². The number of halogens is 1. The molecule has 1 aliphatic heterocycles. The van der Waals surface area contributed by atoms with Gasteiger partial charge in [-0.05, 0) is 61.2 Å². The maximum absolute atomic E-state index is 15.2. The minimum absolute atomic E-state index is 0.178. The van der Waals surface area contributed by atoms with Gasteiger partial charge in [0.05, 0.1) is 40.3 Å². The molecule has 1 fully saturated rings. The van der Waals surface area contributed by atoms with Crippen molar-refractivity contribution >= 4 is 39.7 Å². The van der Waals surface area contributed by atoms with Crippen LogP contribution in [0.3, 0.4) is 0 Å². The zero-order valence-electron chi connectivity index (χ0n) is 21.9. The zero-order valence-corrected chi connectivity index (χ0v) is 21.9. The van der Waals surface area contributed by atoms with Crippen molar-refractivity contribution in [3.63, 3.8) is 0 Å². The third kappa shape index (κ3) is 6.06. The zero-order chi connectivity index (χ0) is 27.5. The molecule has 1 aliphatic rings. The Morgan fingerprint density at radius 1 is 1.18 bits per heavy atom. The summed E-state index contributed by atoms with van der Waals surface area (Å²) in [6, 6.07) is 11.5. The van der Waals surface area contributed by atoms with Crippen molar-refractivity contribution in [1.82, 2.24) is 15.0 Å². The van der Waals surface area contributed by atoms with E-state index < -0.39 is 5.82 Å². The monoisotopic (exact) mass is 530 g/mol. The number of nitrogens with zero attached hydrogens (tertiary/aromatic N) is 3. The van der Waals surface area contributed by atoms with Crippen LogP contribution in [0.15, 0.2) is 59.7 Å². The van der Waals surface area contributed by atoms with Crippen molar-refractivity contribution < 1.29 is 14.3 Å². The van der Waals surface area contributed by atoms with E-state index in [9.17, 15) is 14.7 Å². The molecule has 4 N–H and O–H groups in total. The second-order valence-electron chi connectivity index (χ2n) is 10.2. The van der Waals surface area contributed by atoms with Crippen molar-refractivity contribution in [2.75, 3.05) is 28.6 Å². The van der Waals surface area contributed by atoms with Crippen molar-refractivity contribution in [2.24, 2.45) is 5.92 Å². The Hall–Kier alpha value is -4.31. The minimum atomic E-state index is -0.547. The quantitative estimate of drug-likeness (QED) is 0.270. The maximum atomic E-state index is 15.2. The number of H-pyrrole nitrogens is 1. The van der Waals surface area contributed by atoms with Gasteiger partial charge in [-0.2, -0.15) is 0 Å². The van der Waals surface area contributed by atoms with E-state index in [2.05, 4.69) is 30.5 Å². The van der Waals surface area contributed by atoms with Gasteiger partial charge in [0.15, 0.2) is 0 Å². The molecule has 9 nitrogen and oxygen atoms in total. The molecule has 0 radical (unpaired) electrons. The number of piperidine rings is 1. The number of amides is 1. The van der Waals surface area contributed by atoms with E-state index in [1.165, 1.54) is 12.3 Å². The summed E-state index contributed by atoms with van der Waals surface area (Å²) in [5, 5.41) is 16.0. The lowest BCUT2D eigenvalue weighted by Gasteiger charge is -2.31. The van der Waals surface area contributed by atoms with E-state index in [1.54, 1.807) is 30.5 Å². The average molecular weight is 531 g/mol. The Kier molecular flexibility index (Phi) is 7.56. The Morgan fingerprint density at radius 3 is 2.67 bits per heavy atom. The summed E-state index contributed by atoms with van der Waals surface area (Å²) < 4.78 is 15.2. The first kappa shape index (κ1) is 26.3. The van der Waals surface area contributed by atoms with Crippen LogP contribution in [0.25, 0.3) is 22.2 Å². The number of benzene rings is 1. The van der Waals surface area contributed by atoms with Gasteiger partial charge in [0, 0.05) is 37.0 Å². The normalized spacial score (nSPS) is 14.1. The highest BCUT2D eigenvalue weighted by Gasteiger charge is 2.18. The fraction of sp³-hybridized carbons (Fsp3) is 0.310. The van der Waals surface area contributed by atoms with Gasteiger partial charge in [0.1, 0.15) is 11.6 Å². The topological polar surface area (TPSA) is 123 Å². The molecule has 0 unspecified atom stereocenters. The Labute approximate surface area is 225 Å². The molecule has 0 bridgehead atoms. The molecule has 0 aliphatic carbocycles. The van der Waals surface area contributed by atoms with E-state index in [1.807, 2.05) is 26.0 Å². The van der Waals surface area contributed by atoms with E-state index in [-0.39, 0.29) is 29.1 Å². The van der Waals surface area contributed by atoms with Crippen LogP contribution < -0.4 is 21.1 Å². The van der Waals surface area contributed by atoms with Gasteiger partial charge in [-0.3, -0.25) is 9.59 Å². The van der Waals surface area contributed by atoms with Crippen LogP contribution in [0.2, 0.25) is 0 Å². The molecule has 1 aromatic carbocycles. The summed E-state index contributed by atoms with van der Waals surface area (Å²) in [5.74, 6) is -0.0205. The third-order valence-corrected chi connectivity index (χ3v) is 6.69. The van der Waals surface area contributed by atoms with Gasteiger partial charge in [-0.1, -0.05) is 13.8 Å². The van der Waals surface area contributed by atoms with Gasteiger partial charge in [-0.15, -0.1) is 0 Å². The van der Waals surface area contributed by atoms with Crippen LogP contribution in [0.4, 0.5) is 27.3 Å². The molecule has 0 spiro atoms. The molecule has 4 heterocycles. The van der Waals surface area contributed by atoms with E-state index >= 15 is 4.39 Å². The van der Waals surface area contributed by atoms with Gasteiger partial charge in [-0.25, -0.2) is 14.4 Å². The number of hydrogen-bond acceptors (Lipinski definition) is 7. The highest BCUT2D eigenvalue weighted by Crippen LogP contribution is 2.31. The number of aliphatic hydroxyl groups is 1. The van der Waals surface area contributed by atoms with Crippen LogP contribution in [0, 0.1) is 11.7 Å². The number of pyridine rings is 3. The molecular weight excluding hydrogens is 499 g/mol. The maximum Gasteiger partial charge on any atom is 0.259 e. The summed E-state index contributed by atoms with van der Waals surface area (Å²) in [4.78, 5) is 38.7. The number of rotatable bonds is 7. The number of carbonyl (C=O) groups excluding carboxylic acids is 1. The molecule has 5 rings (SSSR count). The van der Waals surface area contributed by atoms with Crippen LogP contribution in [-0.2, 0) is 4.79 Å². The number of anilines is 4. The number of aromatic nitrogens is 3. The van der Waals surface area contributed by atoms with Gasteiger partial charge in [0.2, 0.25) is 5.91 Å². The smallest absolute Gasteiger partial charge is 0.259 e. The van der Waals surface area contributed by atoms with Crippen molar-refractivity contribution in [2.45, 2.75) is 39.2 Å². The fourth-order valence-electron chi connectivity index (χ4n) is 4.72. The number of fused-ring (bicyclic) bond motifs is 1. The highest BCUT2D eigenvalue weighted by molar-refractivity contribution is 5.95. The van der Waals surface area contributed by atoms with Crippen molar-refractivity contribution in [3.05, 3.63) is 71.0 Å². The van der Waals surface area contributed by atoms with Crippen LogP contribution >= 0.6 is 0 Å². The second kappa shape index (κ2) is 11.2. The van der Waals surface area contributed by atoms with Crippen molar-refractivity contribution in [1.29, 1.82) is 0 Å². The molecule has 39 heavy (non-hydrogen) atoms. The number of aromatic amines is 1. The fourth-order valence-corrected chi connectivity index (χ4v) is 4.72. The number of aliphatic hydroxyl groups excluding tert-OH is 1. The van der Waals surface area contributed by atoms with Gasteiger partial charge in [0.25, 0.3) is 5.56 Å². The molecule has 0 atom stereocenters. The predicted octanol–water partition coefficient (Wildman–Crippen LogP) is 4.81. The summed E-state index contributed by atoms with van der Waals surface area (Å²) >= 11 is 0. The minimum Gasteiger partial charge on any atom is -0.393 e. The molecule has 0 saturated carbocycles. The summed E-state index contributed by atoms with van der Waals surface area (Å²) in [7, 11) is 0. The van der Waals surface area contributed by atoms with Gasteiger partial charge < -0.3 is 25.6 Å². The standard InChI is InChI=1S/C29H31FN6O3/c1-17(2)13-27(38)33-18-3-5-21(22(30)14-18)24-15-25(28-23(34-24)7-10-31-29(28)39)35-26-6-4-19(16-32-26)36-11-8-20(37)9-12-36/h3-7,10,14-17,20,37H,8-9,11-13H2,1-2H3,(H,31,39)(H,33,38)(H,32,34,35). The number of carbonyl (C=O) groups is 1. The largest absolute Gasteiger partial charge is 0.393 e. The van der Waals surface area contributed by atoms with E-state index in [4.69, 9.17) is 0 Å². The van der Waals surface area contributed by atoms with Gasteiger partial charge >= 0.3 is 0 Å². The average Bonchev–Trinajstić information content (AvgIpc) is 2.89. The van der Waals surface area contributed by atoms with E-state index in [0.29, 0.717) is 40.2 Å².